The second-order valence-corrected chi connectivity index (χ2v) is 4.64. The number of nitrogens with one attached hydrogen (secondary N) is 1. The minimum Gasteiger partial charge on any atom is -0.474 e. The first kappa shape index (κ1) is 11.7. The summed E-state index contributed by atoms with van der Waals surface area (Å²) in [6.07, 6.45) is 5.36. The Morgan fingerprint density at radius 3 is 2.89 bits per heavy atom. The van der Waals surface area contributed by atoms with Gasteiger partial charge >= 0.3 is 0 Å². The minimum atomic E-state index is 0.0653. The van der Waals surface area contributed by atoms with Crippen molar-refractivity contribution in [1.82, 2.24) is 25.0 Å². The van der Waals surface area contributed by atoms with Crippen molar-refractivity contribution in [2.75, 3.05) is 0 Å². The van der Waals surface area contributed by atoms with Crippen molar-refractivity contribution in [3.8, 4) is 17.1 Å². The van der Waals surface area contributed by atoms with Gasteiger partial charge in [0, 0.05) is 25.0 Å². The number of fused-ring (bicyclic) bond motifs is 1. The van der Waals surface area contributed by atoms with Crippen LogP contribution < -0.4 is 4.74 Å². The van der Waals surface area contributed by atoms with E-state index in [0.717, 1.165) is 22.2 Å². The van der Waals surface area contributed by atoms with E-state index >= 15 is 0 Å². The third-order valence-electron chi connectivity index (χ3n) is 2.85. The second kappa shape index (κ2) is 4.38. The van der Waals surface area contributed by atoms with Crippen LogP contribution in [0, 0.1) is 0 Å². The van der Waals surface area contributed by atoms with Gasteiger partial charge in [-0.05, 0) is 19.9 Å². The highest BCUT2D eigenvalue weighted by atomic mass is 16.5. The van der Waals surface area contributed by atoms with E-state index in [1.54, 1.807) is 12.4 Å². The zero-order valence-corrected chi connectivity index (χ0v) is 11.1. The summed E-state index contributed by atoms with van der Waals surface area (Å²) < 4.78 is 7.61. The van der Waals surface area contributed by atoms with Crippen molar-refractivity contribution in [2.24, 2.45) is 7.05 Å². The summed E-state index contributed by atoms with van der Waals surface area (Å²) in [6.45, 7) is 3.96. The van der Waals surface area contributed by atoms with E-state index in [9.17, 15) is 0 Å². The predicted octanol–water partition coefficient (Wildman–Crippen LogP) is 2.15. The number of aryl methyl sites for hydroxylation is 1. The molecular weight excluding hydrogens is 242 g/mol. The Morgan fingerprint density at radius 2 is 2.21 bits per heavy atom. The van der Waals surface area contributed by atoms with Crippen LogP contribution in [0.25, 0.3) is 22.2 Å². The fourth-order valence-corrected chi connectivity index (χ4v) is 2.07. The summed E-state index contributed by atoms with van der Waals surface area (Å²) >= 11 is 0. The van der Waals surface area contributed by atoms with Gasteiger partial charge in [-0.2, -0.15) is 10.2 Å². The Hall–Kier alpha value is -2.37. The quantitative estimate of drug-likeness (QED) is 0.780. The van der Waals surface area contributed by atoms with Crippen molar-refractivity contribution >= 4 is 10.9 Å². The summed E-state index contributed by atoms with van der Waals surface area (Å²) in [6, 6.07) is 1.93. The van der Waals surface area contributed by atoms with Gasteiger partial charge in [-0.25, -0.2) is 4.98 Å². The van der Waals surface area contributed by atoms with Gasteiger partial charge in [-0.15, -0.1) is 0 Å². The van der Waals surface area contributed by atoms with Crippen molar-refractivity contribution in [3.63, 3.8) is 0 Å². The number of H-pyrrole nitrogens is 1. The van der Waals surface area contributed by atoms with Gasteiger partial charge in [-0.3, -0.25) is 9.78 Å². The monoisotopic (exact) mass is 257 g/mol. The van der Waals surface area contributed by atoms with Crippen LogP contribution in [0.15, 0.2) is 24.7 Å². The molecule has 0 aromatic carbocycles. The second-order valence-electron chi connectivity index (χ2n) is 4.64. The van der Waals surface area contributed by atoms with Crippen molar-refractivity contribution in [1.29, 1.82) is 0 Å². The molecule has 0 fully saturated rings. The van der Waals surface area contributed by atoms with Crippen LogP contribution in [0.5, 0.6) is 5.88 Å². The zero-order chi connectivity index (χ0) is 13.4. The summed E-state index contributed by atoms with van der Waals surface area (Å²) in [4.78, 5) is 4.32. The van der Waals surface area contributed by atoms with Crippen LogP contribution in [0.4, 0.5) is 0 Å². The molecule has 1 N–H and O–H groups in total. The van der Waals surface area contributed by atoms with Crippen LogP contribution in [-0.2, 0) is 7.05 Å². The maximum absolute atomic E-state index is 5.78. The van der Waals surface area contributed by atoms with E-state index in [4.69, 9.17) is 4.74 Å². The van der Waals surface area contributed by atoms with Gasteiger partial charge in [0.25, 0.3) is 0 Å². The molecule has 19 heavy (non-hydrogen) atoms. The molecule has 0 amide bonds. The number of pyridine rings is 1. The number of aromatic amines is 1. The van der Waals surface area contributed by atoms with Crippen molar-refractivity contribution in [2.45, 2.75) is 20.0 Å². The van der Waals surface area contributed by atoms with Crippen LogP contribution in [0.3, 0.4) is 0 Å². The van der Waals surface area contributed by atoms with E-state index in [0.29, 0.717) is 5.88 Å². The summed E-state index contributed by atoms with van der Waals surface area (Å²) in [5, 5.41) is 12.2. The largest absolute Gasteiger partial charge is 0.474 e. The smallest absolute Gasteiger partial charge is 0.225 e. The van der Waals surface area contributed by atoms with Crippen molar-refractivity contribution in [3.05, 3.63) is 24.7 Å². The maximum Gasteiger partial charge on any atom is 0.225 e. The predicted molar refractivity (Wildman–Crippen MR) is 71.9 cm³/mol. The molecule has 98 valence electrons. The maximum atomic E-state index is 5.78. The van der Waals surface area contributed by atoms with E-state index < -0.39 is 0 Å². The molecule has 0 radical (unpaired) electrons. The van der Waals surface area contributed by atoms with Crippen LogP contribution in [0.2, 0.25) is 0 Å². The molecule has 6 nitrogen and oxygen atoms in total. The molecule has 0 aliphatic rings. The van der Waals surface area contributed by atoms with Crippen molar-refractivity contribution < 1.29 is 4.74 Å². The van der Waals surface area contributed by atoms with Crippen LogP contribution in [-0.4, -0.2) is 31.1 Å². The van der Waals surface area contributed by atoms with Gasteiger partial charge in [0.05, 0.1) is 23.2 Å². The Kier molecular flexibility index (Phi) is 2.70. The van der Waals surface area contributed by atoms with Gasteiger partial charge in [-0.1, -0.05) is 0 Å². The molecule has 0 unspecified atom stereocenters. The highest BCUT2D eigenvalue weighted by Gasteiger charge is 2.17. The Balaban J connectivity index is 2.28. The third kappa shape index (κ3) is 1.95. The molecule has 3 rings (SSSR count). The number of ether oxygens (including phenoxy) is 1. The fourth-order valence-electron chi connectivity index (χ4n) is 2.07. The van der Waals surface area contributed by atoms with Gasteiger partial charge < -0.3 is 4.74 Å². The Bertz CT molecular complexity index is 699. The van der Waals surface area contributed by atoms with E-state index in [-0.39, 0.29) is 6.10 Å². The lowest BCUT2D eigenvalue weighted by Crippen LogP contribution is -2.07. The van der Waals surface area contributed by atoms with Gasteiger partial charge in [0.2, 0.25) is 5.88 Å². The Labute approximate surface area is 110 Å². The van der Waals surface area contributed by atoms with E-state index in [1.807, 2.05) is 37.8 Å². The summed E-state index contributed by atoms with van der Waals surface area (Å²) in [5.74, 6) is 0.608. The lowest BCUT2D eigenvalue weighted by atomic mass is 10.1. The van der Waals surface area contributed by atoms with E-state index in [1.165, 1.54) is 0 Å². The molecule has 3 aromatic rings. The zero-order valence-electron chi connectivity index (χ0n) is 11.1. The average Bonchev–Trinajstić information content (AvgIpc) is 2.97. The van der Waals surface area contributed by atoms with Gasteiger partial charge in [0.1, 0.15) is 5.69 Å². The van der Waals surface area contributed by atoms with Crippen LogP contribution in [0.1, 0.15) is 13.8 Å². The topological polar surface area (TPSA) is 68.6 Å². The molecule has 0 spiro atoms. The highest BCUT2D eigenvalue weighted by molar-refractivity contribution is 5.96. The number of hydrogen-bond acceptors (Lipinski definition) is 4. The minimum absolute atomic E-state index is 0.0653. The molecule has 0 saturated heterocycles. The molecular formula is C13H15N5O. The first-order valence-electron chi connectivity index (χ1n) is 6.14. The SMILES string of the molecule is CC(C)Oc1nccc2c1c(-c1cn[nH]c1)nn2C. The first-order chi connectivity index (χ1) is 9.16. The normalized spacial score (nSPS) is 11.4. The molecule has 3 heterocycles. The molecule has 0 saturated carbocycles. The summed E-state index contributed by atoms with van der Waals surface area (Å²) in [5.41, 5.74) is 2.74. The Morgan fingerprint density at radius 1 is 1.37 bits per heavy atom. The standard InChI is InChI=1S/C13H15N5O/c1-8(2)19-13-11-10(4-5-14-13)18(3)17-12(11)9-6-15-16-7-9/h4-8H,1-3H3,(H,15,16). The lowest BCUT2D eigenvalue weighted by molar-refractivity contribution is 0.236. The molecule has 0 aliphatic carbocycles. The lowest BCUT2D eigenvalue weighted by Gasteiger charge is -2.09. The van der Waals surface area contributed by atoms with Crippen LogP contribution >= 0.6 is 0 Å². The average molecular weight is 257 g/mol. The van der Waals surface area contributed by atoms with E-state index in [2.05, 4.69) is 20.3 Å². The molecule has 0 aliphatic heterocycles. The number of rotatable bonds is 3. The molecule has 0 atom stereocenters. The number of nitrogens with zero attached hydrogens (tertiary/aromatic N) is 4. The third-order valence-corrected chi connectivity index (χ3v) is 2.85. The van der Waals surface area contributed by atoms with Gasteiger partial charge in [0.15, 0.2) is 0 Å². The molecule has 6 heteroatoms. The fraction of sp³-hybridized carbons (Fsp3) is 0.308. The number of hydrogen-bond donors (Lipinski definition) is 1. The summed E-state index contributed by atoms with van der Waals surface area (Å²) in [7, 11) is 1.91. The first-order valence-corrected chi connectivity index (χ1v) is 6.14. The molecule has 0 bridgehead atoms. The number of aromatic nitrogens is 5. The molecule has 3 aromatic heterocycles. The highest BCUT2D eigenvalue weighted by Crippen LogP contribution is 2.33.